The van der Waals surface area contributed by atoms with Gasteiger partial charge in [0, 0.05) is 11.4 Å². The molecule has 0 atom stereocenters. The second kappa shape index (κ2) is 10.9. The van der Waals surface area contributed by atoms with Gasteiger partial charge in [-0.25, -0.2) is 13.2 Å². The van der Waals surface area contributed by atoms with Gasteiger partial charge in [-0.2, -0.15) is 0 Å². The summed E-state index contributed by atoms with van der Waals surface area (Å²) in [6.07, 6.45) is 0.968. The molecule has 0 aliphatic carbocycles. The maximum Gasteiger partial charge on any atom is 0.338 e. The number of ether oxygens (including phenoxy) is 2. The Morgan fingerprint density at radius 2 is 1.55 bits per heavy atom. The molecule has 6 nitrogen and oxygen atoms in total. The van der Waals surface area contributed by atoms with Crippen molar-refractivity contribution in [3.8, 4) is 11.5 Å². The molecule has 0 spiro atoms. The van der Waals surface area contributed by atoms with Crippen molar-refractivity contribution >= 4 is 27.9 Å². The fourth-order valence-electron chi connectivity index (χ4n) is 3.11. The van der Waals surface area contributed by atoms with Crippen molar-refractivity contribution in [1.82, 2.24) is 3.71 Å². The second-order valence-corrected chi connectivity index (χ2v) is 10.4. The van der Waals surface area contributed by atoms with Crippen LogP contribution >= 0.6 is 11.9 Å². The van der Waals surface area contributed by atoms with Crippen molar-refractivity contribution in [3.05, 3.63) is 83.4 Å². The molecule has 33 heavy (non-hydrogen) atoms. The summed E-state index contributed by atoms with van der Waals surface area (Å²) in [7, 11) is -2.57. The molecular formula is C25H27NO5S2. The molecule has 3 aromatic rings. The van der Waals surface area contributed by atoms with Crippen LogP contribution in [0, 0.1) is 6.92 Å². The highest BCUT2D eigenvalue weighted by Gasteiger charge is 2.26. The summed E-state index contributed by atoms with van der Waals surface area (Å²) in [5, 5.41) is 0. The summed E-state index contributed by atoms with van der Waals surface area (Å²) < 4.78 is 38.4. The molecule has 0 aliphatic heterocycles. The first-order chi connectivity index (χ1) is 15.8. The highest BCUT2D eigenvalue weighted by Crippen LogP contribution is 2.32. The summed E-state index contributed by atoms with van der Waals surface area (Å²) >= 11 is 1.11. The molecule has 0 N–H and O–H groups in total. The number of nitrogens with zero attached hydrogens (tertiary/aromatic N) is 1. The summed E-state index contributed by atoms with van der Waals surface area (Å²) in [4.78, 5) is 12.8. The number of carbonyl (C=O) groups excluding carboxylic acids is 1. The van der Waals surface area contributed by atoms with Crippen LogP contribution in [0.5, 0.6) is 11.5 Å². The summed E-state index contributed by atoms with van der Waals surface area (Å²) in [6.45, 7) is 5.84. The average Bonchev–Trinajstić information content (AvgIpc) is 2.83. The standard InChI is InChI=1S/C25H27NO5S2/c1-5-19-8-10-20(11-9-19)31-21-12-14-22(15-13-21)32-26(6-2)33(28,29)23-16-7-18(3)24(17-23)25(27)30-4/h7-17H,5-6H2,1-4H3. The number of methoxy groups -OCH3 is 1. The van der Waals surface area contributed by atoms with E-state index in [1.54, 1.807) is 32.0 Å². The molecule has 3 aromatic carbocycles. The monoisotopic (exact) mass is 485 g/mol. The molecule has 174 valence electrons. The van der Waals surface area contributed by atoms with Crippen LogP contribution in [0.2, 0.25) is 0 Å². The van der Waals surface area contributed by atoms with E-state index in [0.29, 0.717) is 11.3 Å². The van der Waals surface area contributed by atoms with Crippen molar-refractivity contribution in [1.29, 1.82) is 0 Å². The van der Waals surface area contributed by atoms with Crippen LogP contribution in [0.4, 0.5) is 0 Å². The highest BCUT2D eigenvalue weighted by atomic mass is 32.3. The Kier molecular flexibility index (Phi) is 8.18. The van der Waals surface area contributed by atoms with Gasteiger partial charge >= 0.3 is 5.97 Å². The minimum absolute atomic E-state index is 0.0401. The largest absolute Gasteiger partial charge is 0.465 e. The van der Waals surface area contributed by atoms with Gasteiger partial charge in [-0.15, -0.1) is 3.71 Å². The van der Waals surface area contributed by atoms with Gasteiger partial charge in [-0.05, 0) is 85.0 Å². The van der Waals surface area contributed by atoms with E-state index in [1.807, 2.05) is 36.4 Å². The van der Waals surface area contributed by atoms with E-state index in [4.69, 9.17) is 9.47 Å². The normalized spacial score (nSPS) is 11.4. The van der Waals surface area contributed by atoms with Crippen molar-refractivity contribution < 1.29 is 22.7 Å². The Bertz CT molecular complexity index is 1210. The van der Waals surface area contributed by atoms with Gasteiger partial charge in [-0.1, -0.05) is 32.0 Å². The van der Waals surface area contributed by atoms with Crippen molar-refractivity contribution in [2.75, 3.05) is 13.7 Å². The lowest BCUT2D eigenvalue weighted by atomic mass is 10.1. The number of hydrogen-bond acceptors (Lipinski definition) is 6. The van der Waals surface area contributed by atoms with Crippen LogP contribution < -0.4 is 4.74 Å². The first-order valence-corrected chi connectivity index (χ1v) is 12.8. The molecule has 0 aromatic heterocycles. The summed E-state index contributed by atoms with van der Waals surface area (Å²) in [5.74, 6) is 0.835. The van der Waals surface area contributed by atoms with Gasteiger partial charge in [0.2, 0.25) is 0 Å². The maximum absolute atomic E-state index is 13.2. The summed E-state index contributed by atoms with van der Waals surface area (Å²) in [5.41, 5.74) is 2.12. The predicted molar refractivity (Wildman–Crippen MR) is 130 cm³/mol. The van der Waals surface area contributed by atoms with Gasteiger partial charge in [0.15, 0.2) is 0 Å². The summed E-state index contributed by atoms with van der Waals surface area (Å²) in [6, 6.07) is 19.6. The van der Waals surface area contributed by atoms with Crippen LogP contribution in [0.15, 0.2) is 76.5 Å². The van der Waals surface area contributed by atoms with Crippen LogP contribution in [0.25, 0.3) is 0 Å². The molecule has 3 rings (SSSR count). The third-order valence-electron chi connectivity index (χ3n) is 5.04. The van der Waals surface area contributed by atoms with Gasteiger partial charge in [0.05, 0.1) is 17.6 Å². The zero-order valence-corrected chi connectivity index (χ0v) is 20.7. The first kappa shape index (κ1) is 24.8. The molecule has 0 aliphatic rings. The zero-order valence-electron chi connectivity index (χ0n) is 19.1. The molecule has 0 bridgehead atoms. The number of rotatable bonds is 9. The second-order valence-electron chi connectivity index (χ2n) is 7.25. The van der Waals surface area contributed by atoms with Crippen molar-refractivity contribution in [2.45, 2.75) is 37.0 Å². The topological polar surface area (TPSA) is 72.9 Å². The lowest BCUT2D eigenvalue weighted by molar-refractivity contribution is 0.0599. The minimum Gasteiger partial charge on any atom is -0.465 e. The van der Waals surface area contributed by atoms with E-state index >= 15 is 0 Å². The SMILES string of the molecule is CCc1ccc(Oc2ccc(SN(CC)S(=O)(=O)c3ccc(C)c(C(=O)OC)c3)cc2)cc1. The molecule has 0 fully saturated rings. The van der Waals surface area contributed by atoms with Crippen LogP contribution in [0.1, 0.15) is 35.3 Å². The number of benzene rings is 3. The molecule has 0 saturated carbocycles. The number of sulfonamides is 1. The lowest BCUT2D eigenvalue weighted by Gasteiger charge is -2.20. The Balaban J connectivity index is 1.76. The minimum atomic E-state index is -3.84. The third kappa shape index (κ3) is 5.96. The Labute approximate surface area is 199 Å². The molecule has 0 radical (unpaired) electrons. The Hall–Kier alpha value is -2.81. The fraction of sp³-hybridized carbons (Fsp3) is 0.240. The molecule has 0 saturated heterocycles. The van der Waals surface area contributed by atoms with Gasteiger partial charge in [-0.3, -0.25) is 0 Å². The van der Waals surface area contributed by atoms with E-state index < -0.39 is 16.0 Å². The highest BCUT2D eigenvalue weighted by molar-refractivity contribution is 8.08. The molecule has 8 heteroatoms. The number of esters is 1. The van der Waals surface area contributed by atoms with E-state index in [1.165, 1.54) is 28.5 Å². The number of hydrogen-bond donors (Lipinski definition) is 0. The Morgan fingerprint density at radius 3 is 2.09 bits per heavy atom. The molecule has 0 amide bonds. The number of aryl methyl sites for hydroxylation is 2. The molecular weight excluding hydrogens is 458 g/mol. The van der Waals surface area contributed by atoms with Crippen molar-refractivity contribution in [3.63, 3.8) is 0 Å². The smallest absolute Gasteiger partial charge is 0.338 e. The van der Waals surface area contributed by atoms with E-state index in [9.17, 15) is 13.2 Å². The molecule has 0 heterocycles. The van der Waals surface area contributed by atoms with Gasteiger partial charge < -0.3 is 9.47 Å². The average molecular weight is 486 g/mol. The van der Waals surface area contributed by atoms with Crippen molar-refractivity contribution in [2.24, 2.45) is 0 Å². The third-order valence-corrected chi connectivity index (χ3v) is 8.44. The van der Waals surface area contributed by atoms with Gasteiger partial charge in [0.1, 0.15) is 11.5 Å². The molecule has 0 unspecified atom stereocenters. The maximum atomic E-state index is 13.2. The number of carbonyl (C=O) groups is 1. The van der Waals surface area contributed by atoms with E-state index in [0.717, 1.165) is 29.0 Å². The fourth-order valence-corrected chi connectivity index (χ4v) is 5.72. The first-order valence-electron chi connectivity index (χ1n) is 10.5. The van der Waals surface area contributed by atoms with Crippen LogP contribution in [0.3, 0.4) is 0 Å². The predicted octanol–water partition coefficient (Wildman–Crippen LogP) is 5.85. The van der Waals surface area contributed by atoms with Crippen LogP contribution in [-0.4, -0.2) is 31.8 Å². The zero-order chi connectivity index (χ0) is 24.0. The van der Waals surface area contributed by atoms with Crippen LogP contribution in [-0.2, 0) is 21.2 Å². The Morgan fingerprint density at radius 1 is 0.939 bits per heavy atom. The van der Waals surface area contributed by atoms with E-state index in [2.05, 4.69) is 6.92 Å². The lowest BCUT2D eigenvalue weighted by Crippen LogP contribution is -2.24. The van der Waals surface area contributed by atoms with Gasteiger partial charge in [0.25, 0.3) is 10.0 Å². The quantitative estimate of drug-likeness (QED) is 0.279. The van der Waals surface area contributed by atoms with E-state index in [-0.39, 0.29) is 17.0 Å².